The summed E-state index contributed by atoms with van der Waals surface area (Å²) in [5.41, 5.74) is 2.79. The van der Waals surface area contributed by atoms with Crippen molar-refractivity contribution in [2.45, 2.75) is 19.5 Å². The summed E-state index contributed by atoms with van der Waals surface area (Å²) in [4.78, 5) is 15.8. The van der Waals surface area contributed by atoms with Gasteiger partial charge in [0.05, 0.1) is 5.56 Å². The first-order valence-corrected chi connectivity index (χ1v) is 8.95. The summed E-state index contributed by atoms with van der Waals surface area (Å²) < 4.78 is 0. The highest BCUT2D eigenvalue weighted by molar-refractivity contribution is 6.30. The van der Waals surface area contributed by atoms with Gasteiger partial charge in [-0.15, -0.1) is 0 Å². The average Bonchev–Trinajstić information content (AvgIpc) is 2.63. The summed E-state index contributed by atoms with van der Waals surface area (Å²) in [6.45, 7) is 7.18. The van der Waals surface area contributed by atoms with Crippen molar-refractivity contribution in [1.82, 2.24) is 9.80 Å². The average molecular weight is 359 g/mol. The second-order valence-corrected chi connectivity index (χ2v) is 6.98. The molecule has 0 radical (unpaired) electrons. The molecule has 1 N–H and O–H groups in total. The molecule has 1 fully saturated rings. The predicted molar refractivity (Wildman–Crippen MR) is 100 cm³/mol. The molecule has 1 saturated heterocycles. The number of carboxylic acids is 1. The molecule has 1 unspecified atom stereocenters. The van der Waals surface area contributed by atoms with Crippen molar-refractivity contribution in [2.75, 3.05) is 26.2 Å². The Morgan fingerprint density at radius 2 is 1.64 bits per heavy atom. The highest BCUT2D eigenvalue weighted by Gasteiger charge is 2.22. The maximum absolute atomic E-state index is 10.9. The molecule has 3 rings (SSSR count). The lowest BCUT2D eigenvalue weighted by Gasteiger charge is -2.38. The molecular weight excluding hydrogens is 336 g/mol. The zero-order chi connectivity index (χ0) is 17.8. The van der Waals surface area contributed by atoms with E-state index in [-0.39, 0.29) is 0 Å². The van der Waals surface area contributed by atoms with E-state index in [1.54, 1.807) is 12.1 Å². The van der Waals surface area contributed by atoms with Gasteiger partial charge >= 0.3 is 5.97 Å². The second-order valence-electron chi connectivity index (χ2n) is 6.54. The quantitative estimate of drug-likeness (QED) is 0.879. The molecule has 0 aromatic heterocycles. The first-order valence-electron chi connectivity index (χ1n) is 8.57. The Bertz CT molecular complexity index is 707. The Kier molecular flexibility index (Phi) is 5.74. The molecule has 2 aromatic rings. The molecule has 0 amide bonds. The minimum Gasteiger partial charge on any atom is -0.478 e. The van der Waals surface area contributed by atoms with Crippen LogP contribution in [-0.4, -0.2) is 47.1 Å². The highest BCUT2D eigenvalue weighted by Crippen LogP contribution is 2.23. The van der Waals surface area contributed by atoms with Crippen LogP contribution in [0.3, 0.4) is 0 Å². The largest absolute Gasteiger partial charge is 0.478 e. The summed E-state index contributed by atoms with van der Waals surface area (Å²) in [5, 5.41) is 9.74. The Hall–Kier alpha value is -1.88. The van der Waals surface area contributed by atoms with Crippen LogP contribution in [0.1, 0.15) is 34.5 Å². The minimum atomic E-state index is -0.878. The monoisotopic (exact) mass is 358 g/mol. The van der Waals surface area contributed by atoms with E-state index in [1.807, 2.05) is 24.3 Å². The molecule has 0 bridgehead atoms. The summed E-state index contributed by atoms with van der Waals surface area (Å²) in [6, 6.07) is 15.7. The van der Waals surface area contributed by atoms with Gasteiger partial charge in [0.15, 0.2) is 0 Å². The van der Waals surface area contributed by atoms with Crippen molar-refractivity contribution >= 4 is 17.6 Å². The van der Waals surface area contributed by atoms with Crippen LogP contribution in [0.15, 0.2) is 48.5 Å². The van der Waals surface area contributed by atoms with Crippen molar-refractivity contribution in [3.05, 3.63) is 70.2 Å². The van der Waals surface area contributed by atoms with Crippen LogP contribution in [0.2, 0.25) is 5.02 Å². The summed E-state index contributed by atoms with van der Waals surface area (Å²) in [5.74, 6) is -0.878. The van der Waals surface area contributed by atoms with E-state index in [9.17, 15) is 4.79 Å². The Morgan fingerprint density at radius 3 is 2.20 bits per heavy atom. The number of piperazine rings is 1. The summed E-state index contributed by atoms with van der Waals surface area (Å²) >= 11 is 5.97. The number of hydrogen-bond donors (Lipinski definition) is 1. The van der Waals surface area contributed by atoms with E-state index in [0.29, 0.717) is 11.6 Å². The Morgan fingerprint density at radius 1 is 1.04 bits per heavy atom. The zero-order valence-corrected chi connectivity index (χ0v) is 15.1. The Balaban J connectivity index is 1.53. The van der Waals surface area contributed by atoms with Gasteiger partial charge in [-0.1, -0.05) is 35.9 Å². The summed E-state index contributed by atoms with van der Waals surface area (Å²) in [6.07, 6.45) is 0. The standard InChI is InChI=1S/C20H23ClN2O2/c1-15(17-6-8-19(21)9-7-17)23-12-10-22(11-13-23)14-16-2-4-18(5-3-16)20(24)25/h2-9,15H,10-14H2,1H3,(H,24,25). The van der Waals surface area contributed by atoms with E-state index in [1.165, 1.54) is 5.56 Å². The van der Waals surface area contributed by atoms with Crippen LogP contribution < -0.4 is 0 Å². The maximum Gasteiger partial charge on any atom is 0.335 e. The molecule has 0 saturated carbocycles. The molecule has 25 heavy (non-hydrogen) atoms. The van der Waals surface area contributed by atoms with Crippen molar-refractivity contribution in [3.8, 4) is 0 Å². The van der Waals surface area contributed by atoms with Gasteiger partial charge in [0.2, 0.25) is 0 Å². The van der Waals surface area contributed by atoms with Crippen LogP contribution in [0.4, 0.5) is 0 Å². The Labute approximate surface area is 153 Å². The van der Waals surface area contributed by atoms with E-state index in [2.05, 4.69) is 28.9 Å². The van der Waals surface area contributed by atoms with Crippen LogP contribution in [0.5, 0.6) is 0 Å². The van der Waals surface area contributed by atoms with Gasteiger partial charge in [0, 0.05) is 43.8 Å². The number of carbonyl (C=O) groups is 1. The number of benzene rings is 2. The number of carboxylic acid groups (broad SMARTS) is 1. The van der Waals surface area contributed by atoms with Crippen LogP contribution in [0, 0.1) is 0 Å². The normalized spacial score (nSPS) is 17.4. The van der Waals surface area contributed by atoms with Crippen LogP contribution >= 0.6 is 11.6 Å². The number of rotatable bonds is 5. The predicted octanol–water partition coefficient (Wildman–Crippen LogP) is 3.92. The number of nitrogens with zero attached hydrogens (tertiary/aromatic N) is 2. The van der Waals surface area contributed by atoms with Gasteiger partial charge in [0.1, 0.15) is 0 Å². The van der Waals surface area contributed by atoms with E-state index in [0.717, 1.165) is 43.3 Å². The molecule has 1 aliphatic heterocycles. The fraction of sp³-hybridized carbons (Fsp3) is 0.350. The topological polar surface area (TPSA) is 43.8 Å². The molecule has 1 aliphatic rings. The lowest BCUT2D eigenvalue weighted by atomic mass is 10.1. The van der Waals surface area contributed by atoms with Gasteiger partial charge in [-0.3, -0.25) is 9.80 Å². The second kappa shape index (κ2) is 8.00. The third-order valence-corrected chi connectivity index (χ3v) is 5.17. The fourth-order valence-corrected chi connectivity index (χ4v) is 3.40. The van der Waals surface area contributed by atoms with Crippen molar-refractivity contribution in [1.29, 1.82) is 0 Å². The van der Waals surface area contributed by atoms with Crippen molar-refractivity contribution < 1.29 is 9.90 Å². The summed E-state index contributed by atoms with van der Waals surface area (Å²) in [7, 11) is 0. The van der Waals surface area contributed by atoms with Gasteiger partial charge in [-0.05, 0) is 42.3 Å². The van der Waals surface area contributed by atoms with Crippen molar-refractivity contribution in [3.63, 3.8) is 0 Å². The van der Waals surface area contributed by atoms with E-state index < -0.39 is 5.97 Å². The van der Waals surface area contributed by atoms with Gasteiger partial charge < -0.3 is 5.11 Å². The SMILES string of the molecule is CC(c1ccc(Cl)cc1)N1CCN(Cc2ccc(C(=O)O)cc2)CC1. The molecule has 2 aromatic carbocycles. The fourth-order valence-electron chi connectivity index (χ4n) is 3.27. The van der Waals surface area contributed by atoms with Crippen LogP contribution in [0.25, 0.3) is 0 Å². The molecule has 0 aliphatic carbocycles. The molecular formula is C20H23ClN2O2. The zero-order valence-electron chi connectivity index (χ0n) is 14.4. The molecule has 5 heteroatoms. The van der Waals surface area contributed by atoms with Crippen molar-refractivity contribution in [2.24, 2.45) is 0 Å². The molecule has 4 nitrogen and oxygen atoms in total. The lowest BCUT2D eigenvalue weighted by Crippen LogP contribution is -2.46. The lowest BCUT2D eigenvalue weighted by molar-refractivity contribution is 0.0697. The highest BCUT2D eigenvalue weighted by atomic mass is 35.5. The van der Waals surface area contributed by atoms with E-state index >= 15 is 0 Å². The molecule has 0 spiro atoms. The minimum absolute atomic E-state index is 0.338. The molecule has 1 heterocycles. The van der Waals surface area contributed by atoms with Gasteiger partial charge in [-0.25, -0.2) is 4.79 Å². The number of hydrogen-bond acceptors (Lipinski definition) is 3. The first kappa shape index (κ1) is 17.9. The van der Waals surface area contributed by atoms with Crippen LogP contribution in [-0.2, 0) is 6.54 Å². The molecule has 132 valence electrons. The van der Waals surface area contributed by atoms with Gasteiger partial charge in [-0.2, -0.15) is 0 Å². The maximum atomic E-state index is 10.9. The third kappa shape index (κ3) is 4.60. The number of halogens is 1. The number of aromatic carboxylic acids is 1. The first-order chi connectivity index (χ1) is 12.0. The molecule has 1 atom stereocenters. The van der Waals surface area contributed by atoms with Gasteiger partial charge in [0.25, 0.3) is 0 Å². The smallest absolute Gasteiger partial charge is 0.335 e. The third-order valence-electron chi connectivity index (χ3n) is 4.91. The van der Waals surface area contributed by atoms with E-state index in [4.69, 9.17) is 16.7 Å².